The van der Waals surface area contributed by atoms with Gasteiger partial charge >= 0.3 is 6.09 Å². The molecule has 2 aromatic carbocycles. The monoisotopic (exact) mass is 618 g/mol. The highest BCUT2D eigenvalue weighted by atomic mass is 32.2. The van der Waals surface area contributed by atoms with Gasteiger partial charge in [0, 0.05) is 24.7 Å². The summed E-state index contributed by atoms with van der Waals surface area (Å²) in [6.45, 7) is 4.96. The predicted octanol–water partition coefficient (Wildman–Crippen LogP) is 3.13. The number of nitrogens with zero attached hydrogens (tertiary/aromatic N) is 2. The van der Waals surface area contributed by atoms with Gasteiger partial charge in [-0.15, -0.1) is 0 Å². The minimum absolute atomic E-state index is 0.0523. The molecule has 0 aromatic heterocycles. The number of fused-ring (bicyclic) bond motifs is 1. The number of nitrogen functional groups attached to an aromatic ring is 1. The Labute approximate surface area is 254 Å². The largest absolute Gasteiger partial charge is 0.465 e. The van der Waals surface area contributed by atoms with Crippen LogP contribution < -0.4 is 11.5 Å². The summed E-state index contributed by atoms with van der Waals surface area (Å²) >= 11 is 0. The van der Waals surface area contributed by atoms with Crippen molar-refractivity contribution in [3.63, 3.8) is 0 Å². The van der Waals surface area contributed by atoms with Crippen molar-refractivity contribution in [3.8, 4) is 0 Å². The number of hydrogen-bond acceptors (Lipinski definition) is 8. The molecule has 0 aliphatic carbocycles. The summed E-state index contributed by atoms with van der Waals surface area (Å²) in [5.41, 5.74) is 12.3. The molecule has 2 heterocycles. The van der Waals surface area contributed by atoms with Crippen molar-refractivity contribution in [3.05, 3.63) is 60.2 Å². The Morgan fingerprint density at radius 1 is 1.09 bits per heavy atom. The molecule has 0 unspecified atom stereocenters. The minimum atomic E-state index is -4.08. The van der Waals surface area contributed by atoms with Crippen LogP contribution in [0.15, 0.2) is 59.5 Å². The van der Waals surface area contributed by atoms with E-state index in [-0.39, 0.29) is 36.9 Å². The zero-order chi connectivity index (χ0) is 31.2. The van der Waals surface area contributed by atoms with E-state index >= 15 is 0 Å². The highest BCUT2D eigenvalue weighted by Gasteiger charge is 2.49. The number of sulfonamides is 1. The van der Waals surface area contributed by atoms with Gasteiger partial charge in [-0.2, -0.15) is 4.31 Å². The van der Waals surface area contributed by atoms with Crippen LogP contribution in [0.1, 0.15) is 45.1 Å². The molecule has 2 fully saturated rings. The van der Waals surface area contributed by atoms with Crippen molar-refractivity contribution in [2.75, 3.05) is 38.6 Å². The average molecular weight is 619 g/mol. The first-order valence-electron chi connectivity index (χ1n) is 14.9. The third kappa shape index (κ3) is 8.25. The Balaban J connectivity index is 1.69. The van der Waals surface area contributed by atoms with Gasteiger partial charge in [0.05, 0.1) is 36.3 Å². The summed E-state index contributed by atoms with van der Waals surface area (Å²) in [6.07, 6.45) is 0.178. The minimum Gasteiger partial charge on any atom is -0.465 e. The molecule has 12 heteroatoms. The molecule has 2 saturated heterocycles. The summed E-state index contributed by atoms with van der Waals surface area (Å²) in [7, 11) is -4.08. The Morgan fingerprint density at radius 3 is 2.44 bits per heavy atom. The van der Waals surface area contributed by atoms with Gasteiger partial charge in [0.2, 0.25) is 10.0 Å². The van der Waals surface area contributed by atoms with Crippen LogP contribution in [0.2, 0.25) is 0 Å². The number of carbonyl (C=O) groups is 1. The second-order valence-electron chi connectivity index (χ2n) is 12.4. The number of ether oxygens (including phenoxy) is 2. The van der Waals surface area contributed by atoms with Crippen LogP contribution in [0, 0.1) is 11.3 Å². The van der Waals surface area contributed by atoms with E-state index in [1.165, 1.54) is 33.5 Å². The van der Waals surface area contributed by atoms with Crippen LogP contribution in [0.25, 0.3) is 0 Å². The Kier molecular flexibility index (Phi) is 11.1. The number of amides is 1. The lowest BCUT2D eigenvalue weighted by molar-refractivity contribution is -0.0906. The fourth-order valence-electron chi connectivity index (χ4n) is 6.21. The molecular weight excluding hydrogens is 572 g/mol. The number of aliphatic hydroxyl groups excluding tert-OH is 1. The lowest BCUT2D eigenvalue weighted by Crippen LogP contribution is -2.58. The summed E-state index contributed by atoms with van der Waals surface area (Å²) in [6, 6.07) is 13.8. The van der Waals surface area contributed by atoms with Crippen molar-refractivity contribution in [2.24, 2.45) is 17.1 Å². The van der Waals surface area contributed by atoms with Gasteiger partial charge in [-0.05, 0) is 67.5 Å². The standard InChI is InChI=1S/C31H46N4O7S/c1-31(2,15-6-7-16-32)21-34(43(39,40)24-12-10-23(33)11-13-24)19-28(36)26(18-22-8-4-3-5-9-22)35(30(37)38)27-20-42-29-25(27)14-17-41-29/h3-5,8-13,25-29,36H,6-7,14-21,32-33H2,1-2H3,(H,37,38)/t25-,26-,27-,28+,29+/m0/s1. The smallest absolute Gasteiger partial charge is 0.407 e. The second-order valence-corrected chi connectivity index (χ2v) is 14.3. The van der Waals surface area contributed by atoms with E-state index < -0.39 is 46.0 Å². The maximum Gasteiger partial charge on any atom is 0.407 e. The number of benzene rings is 2. The summed E-state index contributed by atoms with van der Waals surface area (Å²) in [5, 5.41) is 22.4. The van der Waals surface area contributed by atoms with Gasteiger partial charge in [0.1, 0.15) is 0 Å². The molecule has 0 radical (unpaired) electrons. The van der Waals surface area contributed by atoms with Crippen LogP contribution >= 0.6 is 0 Å². The Bertz CT molecular complexity index is 1290. The van der Waals surface area contributed by atoms with E-state index in [4.69, 9.17) is 20.9 Å². The molecule has 5 atom stereocenters. The van der Waals surface area contributed by atoms with Crippen molar-refractivity contribution in [1.82, 2.24) is 9.21 Å². The maximum absolute atomic E-state index is 14.1. The van der Waals surface area contributed by atoms with E-state index in [0.29, 0.717) is 25.3 Å². The molecule has 4 rings (SSSR count). The normalized spacial score (nSPS) is 21.9. The van der Waals surface area contributed by atoms with Gasteiger partial charge in [-0.1, -0.05) is 50.6 Å². The first-order valence-corrected chi connectivity index (χ1v) is 16.4. The van der Waals surface area contributed by atoms with Crippen molar-refractivity contribution >= 4 is 21.8 Å². The Morgan fingerprint density at radius 2 is 1.79 bits per heavy atom. The number of aliphatic hydroxyl groups is 1. The van der Waals surface area contributed by atoms with Gasteiger partial charge < -0.3 is 31.2 Å². The molecule has 11 nitrogen and oxygen atoms in total. The van der Waals surface area contributed by atoms with E-state index in [1.54, 1.807) is 0 Å². The quantitative estimate of drug-likeness (QED) is 0.173. The predicted molar refractivity (Wildman–Crippen MR) is 164 cm³/mol. The molecule has 2 aliphatic rings. The lowest BCUT2D eigenvalue weighted by atomic mass is 9.87. The fraction of sp³-hybridized carbons (Fsp3) is 0.581. The van der Waals surface area contributed by atoms with E-state index in [2.05, 4.69) is 0 Å². The number of rotatable bonds is 15. The molecule has 6 N–H and O–H groups in total. The first kappa shape index (κ1) is 33.2. The van der Waals surface area contributed by atoms with Crippen LogP contribution in [0.3, 0.4) is 0 Å². The molecule has 238 valence electrons. The number of unbranched alkanes of at least 4 members (excludes halogenated alkanes) is 1. The number of hydrogen-bond donors (Lipinski definition) is 4. The van der Waals surface area contributed by atoms with Gasteiger partial charge in [0.15, 0.2) is 6.29 Å². The Hall–Kier alpha value is -2.74. The third-order valence-corrected chi connectivity index (χ3v) is 10.3. The summed E-state index contributed by atoms with van der Waals surface area (Å²) in [4.78, 5) is 14.2. The van der Waals surface area contributed by atoms with Crippen LogP contribution in [0.5, 0.6) is 0 Å². The van der Waals surface area contributed by atoms with Crippen molar-refractivity contribution < 1.29 is 32.9 Å². The van der Waals surface area contributed by atoms with Gasteiger partial charge in [0.25, 0.3) is 0 Å². The zero-order valence-electron chi connectivity index (χ0n) is 25.0. The van der Waals surface area contributed by atoms with Gasteiger partial charge in [-0.3, -0.25) is 4.90 Å². The molecule has 0 saturated carbocycles. The first-order chi connectivity index (χ1) is 20.4. The number of anilines is 1. The molecular formula is C31H46N4O7S. The highest BCUT2D eigenvalue weighted by molar-refractivity contribution is 7.89. The molecule has 2 aliphatic heterocycles. The molecule has 1 amide bonds. The van der Waals surface area contributed by atoms with Crippen molar-refractivity contribution in [1.29, 1.82) is 0 Å². The van der Waals surface area contributed by atoms with E-state index in [0.717, 1.165) is 24.8 Å². The van der Waals surface area contributed by atoms with Crippen LogP contribution in [0.4, 0.5) is 10.5 Å². The maximum atomic E-state index is 14.1. The molecule has 0 bridgehead atoms. The second kappa shape index (κ2) is 14.4. The zero-order valence-corrected chi connectivity index (χ0v) is 25.9. The topological polar surface area (TPSA) is 169 Å². The summed E-state index contributed by atoms with van der Waals surface area (Å²) < 4.78 is 40.8. The molecule has 43 heavy (non-hydrogen) atoms. The van der Waals surface area contributed by atoms with Crippen molar-refractivity contribution in [2.45, 2.75) is 75.3 Å². The van der Waals surface area contributed by atoms with Crippen LogP contribution in [-0.2, 0) is 25.9 Å². The SMILES string of the molecule is CC(C)(CCCCN)CN(C[C@@H](O)[C@H](Cc1ccccc1)N(C(=O)O)[C@H]1CO[C@H]2OCC[C@H]21)S(=O)(=O)c1ccc(N)cc1. The number of nitrogens with two attached hydrogens (primary N) is 2. The molecule has 2 aromatic rings. The number of carboxylic acid groups (broad SMARTS) is 1. The fourth-order valence-corrected chi connectivity index (χ4v) is 7.85. The highest BCUT2D eigenvalue weighted by Crippen LogP contribution is 2.36. The van der Waals surface area contributed by atoms with E-state index in [9.17, 15) is 23.4 Å². The van der Waals surface area contributed by atoms with E-state index in [1.807, 2.05) is 44.2 Å². The summed E-state index contributed by atoms with van der Waals surface area (Å²) in [5.74, 6) is -0.169. The average Bonchev–Trinajstić information content (AvgIpc) is 3.58. The van der Waals surface area contributed by atoms with Gasteiger partial charge in [-0.25, -0.2) is 13.2 Å². The molecule has 0 spiro atoms. The lowest BCUT2D eigenvalue weighted by Gasteiger charge is -2.40. The third-order valence-electron chi connectivity index (χ3n) is 8.50. The van der Waals surface area contributed by atoms with Crippen LogP contribution in [-0.4, -0.2) is 91.3 Å².